The number of likely N-dealkylation sites (N-methyl/N-ethyl adjacent to an activating group) is 1. The Morgan fingerprint density at radius 3 is 2.54 bits per heavy atom. The van der Waals surface area contributed by atoms with Gasteiger partial charge in [-0.05, 0) is 13.5 Å². The minimum atomic E-state index is -0.587. The van der Waals surface area contributed by atoms with Crippen LogP contribution in [0.15, 0.2) is 0 Å². The summed E-state index contributed by atoms with van der Waals surface area (Å²) in [7, 11) is 1.29. The number of rotatable bonds is 5. The van der Waals surface area contributed by atoms with Crippen LogP contribution in [0.2, 0.25) is 0 Å². The second-order valence-corrected chi connectivity index (χ2v) is 2.59. The minimum absolute atomic E-state index is 0.209. The van der Waals surface area contributed by atoms with E-state index >= 15 is 0 Å². The van der Waals surface area contributed by atoms with Gasteiger partial charge in [0, 0.05) is 0 Å². The van der Waals surface area contributed by atoms with Crippen LogP contribution in [-0.4, -0.2) is 38.1 Å². The molecule has 0 aliphatic carbocycles. The molecule has 0 aromatic carbocycles. The van der Waals surface area contributed by atoms with E-state index in [-0.39, 0.29) is 12.5 Å². The summed E-state index contributed by atoms with van der Waals surface area (Å²) in [4.78, 5) is 21.9. The molecular formula is C8H16N2O3. The highest BCUT2D eigenvalue weighted by Gasteiger charge is 2.14. The molecule has 0 saturated heterocycles. The Kier molecular flexibility index (Phi) is 5.88. The van der Waals surface area contributed by atoms with Crippen molar-refractivity contribution in [3.8, 4) is 0 Å². The van der Waals surface area contributed by atoms with Crippen molar-refractivity contribution in [1.29, 1.82) is 0 Å². The normalized spacial score (nSPS) is 11.9. The summed E-state index contributed by atoms with van der Waals surface area (Å²) in [5.41, 5.74) is 0. The van der Waals surface area contributed by atoms with Crippen LogP contribution < -0.4 is 10.6 Å². The molecule has 0 spiro atoms. The van der Waals surface area contributed by atoms with Crippen molar-refractivity contribution in [1.82, 2.24) is 10.6 Å². The van der Waals surface area contributed by atoms with Gasteiger partial charge < -0.3 is 15.4 Å². The number of esters is 1. The van der Waals surface area contributed by atoms with Crippen LogP contribution in [0.25, 0.3) is 0 Å². The summed E-state index contributed by atoms with van der Waals surface area (Å²) < 4.78 is 4.44. The van der Waals surface area contributed by atoms with Gasteiger partial charge in [-0.1, -0.05) is 6.92 Å². The van der Waals surface area contributed by atoms with Crippen LogP contribution in [0.5, 0.6) is 0 Å². The SMILES string of the molecule is CCNCC(=O)NC(C)C(=O)OC. The minimum Gasteiger partial charge on any atom is -0.467 e. The molecule has 0 aromatic rings. The molecule has 76 valence electrons. The Bertz CT molecular complexity index is 182. The molecule has 0 aliphatic heterocycles. The number of hydrogen-bond donors (Lipinski definition) is 2. The van der Waals surface area contributed by atoms with Gasteiger partial charge in [0.25, 0.3) is 0 Å². The smallest absolute Gasteiger partial charge is 0.328 e. The average molecular weight is 188 g/mol. The Morgan fingerprint density at radius 1 is 1.46 bits per heavy atom. The third kappa shape index (κ3) is 5.19. The van der Waals surface area contributed by atoms with Crippen LogP contribution >= 0.6 is 0 Å². The van der Waals surface area contributed by atoms with Crippen molar-refractivity contribution in [2.75, 3.05) is 20.2 Å². The summed E-state index contributed by atoms with van der Waals surface area (Å²) in [6.45, 7) is 4.42. The van der Waals surface area contributed by atoms with Gasteiger partial charge in [0.05, 0.1) is 13.7 Å². The zero-order chi connectivity index (χ0) is 10.3. The van der Waals surface area contributed by atoms with Crippen molar-refractivity contribution >= 4 is 11.9 Å². The predicted molar refractivity (Wildman–Crippen MR) is 48.2 cm³/mol. The molecular weight excluding hydrogens is 172 g/mol. The molecule has 1 amide bonds. The topological polar surface area (TPSA) is 67.4 Å². The largest absolute Gasteiger partial charge is 0.467 e. The highest BCUT2D eigenvalue weighted by atomic mass is 16.5. The van der Waals surface area contributed by atoms with Crippen molar-refractivity contribution in [3.63, 3.8) is 0 Å². The molecule has 0 fully saturated rings. The maximum Gasteiger partial charge on any atom is 0.328 e. The van der Waals surface area contributed by atoms with E-state index in [0.29, 0.717) is 0 Å². The van der Waals surface area contributed by atoms with Crippen LogP contribution in [0.4, 0.5) is 0 Å². The van der Waals surface area contributed by atoms with E-state index in [1.807, 2.05) is 6.92 Å². The van der Waals surface area contributed by atoms with E-state index < -0.39 is 12.0 Å². The third-order valence-electron chi connectivity index (χ3n) is 1.47. The van der Waals surface area contributed by atoms with Gasteiger partial charge in [0.15, 0.2) is 0 Å². The number of methoxy groups -OCH3 is 1. The van der Waals surface area contributed by atoms with E-state index in [1.165, 1.54) is 7.11 Å². The fourth-order valence-corrected chi connectivity index (χ4v) is 0.767. The van der Waals surface area contributed by atoms with Crippen LogP contribution in [-0.2, 0) is 14.3 Å². The quantitative estimate of drug-likeness (QED) is 0.558. The van der Waals surface area contributed by atoms with Crippen molar-refractivity contribution in [3.05, 3.63) is 0 Å². The second kappa shape index (κ2) is 6.42. The molecule has 0 saturated carbocycles. The maximum absolute atomic E-state index is 11.1. The Morgan fingerprint density at radius 2 is 2.08 bits per heavy atom. The van der Waals surface area contributed by atoms with Gasteiger partial charge in [0.1, 0.15) is 6.04 Å². The van der Waals surface area contributed by atoms with E-state index in [0.717, 1.165) is 6.54 Å². The molecule has 5 nitrogen and oxygen atoms in total. The molecule has 5 heteroatoms. The molecule has 13 heavy (non-hydrogen) atoms. The van der Waals surface area contributed by atoms with Gasteiger partial charge in [-0.15, -0.1) is 0 Å². The molecule has 0 aromatic heterocycles. The predicted octanol–water partition coefficient (Wildman–Crippen LogP) is -0.726. The van der Waals surface area contributed by atoms with E-state index in [4.69, 9.17) is 0 Å². The first kappa shape index (κ1) is 11.9. The van der Waals surface area contributed by atoms with Gasteiger partial charge in [-0.25, -0.2) is 4.79 Å². The molecule has 0 aliphatic rings. The Hall–Kier alpha value is -1.10. The van der Waals surface area contributed by atoms with Crippen LogP contribution in [0, 0.1) is 0 Å². The number of hydrogen-bond acceptors (Lipinski definition) is 4. The van der Waals surface area contributed by atoms with E-state index in [1.54, 1.807) is 6.92 Å². The van der Waals surface area contributed by atoms with E-state index in [2.05, 4.69) is 15.4 Å². The van der Waals surface area contributed by atoms with Gasteiger partial charge in [-0.2, -0.15) is 0 Å². The average Bonchev–Trinajstić information content (AvgIpc) is 2.13. The lowest BCUT2D eigenvalue weighted by Crippen LogP contribution is -2.43. The lowest BCUT2D eigenvalue weighted by atomic mass is 10.3. The fraction of sp³-hybridized carbons (Fsp3) is 0.750. The number of amides is 1. The molecule has 1 unspecified atom stereocenters. The number of carbonyl (C=O) groups is 2. The summed E-state index contributed by atoms with van der Waals surface area (Å²) >= 11 is 0. The number of carbonyl (C=O) groups excluding carboxylic acids is 2. The second-order valence-electron chi connectivity index (χ2n) is 2.59. The van der Waals surface area contributed by atoms with Crippen LogP contribution in [0.1, 0.15) is 13.8 Å². The lowest BCUT2D eigenvalue weighted by molar-refractivity contribution is -0.144. The summed E-state index contributed by atoms with van der Waals surface area (Å²) in [6, 6.07) is -0.587. The molecule has 2 N–H and O–H groups in total. The van der Waals surface area contributed by atoms with Gasteiger partial charge in [0.2, 0.25) is 5.91 Å². The van der Waals surface area contributed by atoms with Gasteiger partial charge >= 0.3 is 5.97 Å². The zero-order valence-corrected chi connectivity index (χ0v) is 8.22. The number of nitrogens with one attached hydrogen (secondary N) is 2. The summed E-state index contributed by atoms with van der Waals surface area (Å²) in [6.07, 6.45) is 0. The Labute approximate surface area is 77.8 Å². The van der Waals surface area contributed by atoms with Crippen LogP contribution in [0.3, 0.4) is 0 Å². The summed E-state index contributed by atoms with van der Waals surface area (Å²) in [5, 5.41) is 5.34. The van der Waals surface area contributed by atoms with Crippen molar-refractivity contribution in [2.45, 2.75) is 19.9 Å². The molecule has 0 heterocycles. The van der Waals surface area contributed by atoms with E-state index in [9.17, 15) is 9.59 Å². The lowest BCUT2D eigenvalue weighted by Gasteiger charge is -2.11. The highest BCUT2D eigenvalue weighted by molar-refractivity contribution is 5.85. The molecule has 0 bridgehead atoms. The fourth-order valence-electron chi connectivity index (χ4n) is 0.767. The molecule has 1 atom stereocenters. The highest BCUT2D eigenvalue weighted by Crippen LogP contribution is 1.84. The third-order valence-corrected chi connectivity index (χ3v) is 1.47. The Balaban J connectivity index is 3.71. The first-order valence-electron chi connectivity index (χ1n) is 4.19. The van der Waals surface area contributed by atoms with Gasteiger partial charge in [-0.3, -0.25) is 4.79 Å². The number of ether oxygens (including phenoxy) is 1. The first-order valence-corrected chi connectivity index (χ1v) is 4.19. The molecule has 0 radical (unpaired) electrons. The zero-order valence-electron chi connectivity index (χ0n) is 8.22. The summed E-state index contributed by atoms with van der Waals surface area (Å²) in [5.74, 6) is -0.649. The maximum atomic E-state index is 11.1. The standard InChI is InChI=1S/C8H16N2O3/c1-4-9-5-7(11)10-6(2)8(12)13-3/h6,9H,4-5H2,1-3H3,(H,10,11). The van der Waals surface area contributed by atoms with Crippen molar-refractivity contribution < 1.29 is 14.3 Å². The monoisotopic (exact) mass is 188 g/mol. The molecule has 0 rings (SSSR count). The first-order chi connectivity index (χ1) is 6.11. The van der Waals surface area contributed by atoms with Crippen molar-refractivity contribution in [2.24, 2.45) is 0 Å².